The summed E-state index contributed by atoms with van der Waals surface area (Å²) in [4.78, 5) is 47.6. The van der Waals surface area contributed by atoms with Gasteiger partial charge >= 0.3 is 17.9 Å². The summed E-state index contributed by atoms with van der Waals surface area (Å²) in [5.41, 5.74) is 0.386. The minimum Gasteiger partial charge on any atom is -0.465 e. The van der Waals surface area contributed by atoms with Gasteiger partial charge in [0, 0.05) is 0 Å². The van der Waals surface area contributed by atoms with Crippen molar-refractivity contribution < 1.29 is 28.6 Å². The molecule has 356 valence electrons. The van der Waals surface area contributed by atoms with Gasteiger partial charge in [-0.25, -0.2) is 9.78 Å². The standard InChI is InChI=1S/C52H97N3O6/c1-5-9-13-17-19-27-37-47(35-25-15-11-7-3)50(56)59-42-32-23-21-29-39-55(41-31-34-44-61-52(58)49-45-53-46-54-49)40-30-22-24-33-43-60-51(57)48(36-26-16-12-8-4)38-28-20-18-14-10-6-2/h45-48H,5-44H2,1-4H3,(H,53,54). The van der Waals surface area contributed by atoms with E-state index in [2.05, 4.69) is 42.6 Å². The van der Waals surface area contributed by atoms with Crippen molar-refractivity contribution in [2.24, 2.45) is 11.8 Å². The van der Waals surface area contributed by atoms with Crippen LogP contribution in [0.25, 0.3) is 0 Å². The average Bonchev–Trinajstić information content (AvgIpc) is 3.82. The molecule has 2 unspecified atom stereocenters. The number of carbonyl (C=O) groups is 3. The fraction of sp³-hybridized carbons (Fsp3) is 0.885. The van der Waals surface area contributed by atoms with Crippen LogP contribution in [0, 0.1) is 11.8 Å². The Morgan fingerprint density at radius 1 is 0.459 bits per heavy atom. The second-order valence-corrected chi connectivity index (χ2v) is 18.0. The predicted octanol–water partition coefficient (Wildman–Crippen LogP) is 14.5. The molecule has 2 atom stereocenters. The Balaban J connectivity index is 2.46. The topological polar surface area (TPSA) is 111 Å². The number of imidazole rings is 1. The number of aromatic amines is 1. The number of hydrogen-bond donors (Lipinski definition) is 1. The zero-order valence-electron chi connectivity index (χ0n) is 40.4. The molecule has 0 fully saturated rings. The van der Waals surface area contributed by atoms with E-state index in [1.54, 1.807) is 0 Å². The van der Waals surface area contributed by atoms with Gasteiger partial charge in [0.15, 0.2) is 0 Å². The van der Waals surface area contributed by atoms with E-state index in [4.69, 9.17) is 14.2 Å². The zero-order valence-corrected chi connectivity index (χ0v) is 40.4. The summed E-state index contributed by atoms with van der Waals surface area (Å²) in [7, 11) is 0. The molecule has 0 saturated carbocycles. The van der Waals surface area contributed by atoms with Gasteiger partial charge in [0.25, 0.3) is 0 Å². The van der Waals surface area contributed by atoms with Crippen molar-refractivity contribution in [1.29, 1.82) is 0 Å². The molecule has 0 spiro atoms. The molecule has 1 aromatic heterocycles. The first-order valence-electron chi connectivity index (χ1n) is 26.2. The third kappa shape index (κ3) is 33.8. The predicted molar refractivity (Wildman–Crippen MR) is 254 cm³/mol. The molecule has 0 saturated heterocycles. The Labute approximate surface area is 375 Å². The summed E-state index contributed by atoms with van der Waals surface area (Å²) in [5.74, 6) is -0.146. The van der Waals surface area contributed by atoms with Crippen LogP contribution in [0.2, 0.25) is 0 Å². The molecular formula is C52H97N3O6. The molecule has 61 heavy (non-hydrogen) atoms. The van der Waals surface area contributed by atoms with E-state index >= 15 is 0 Å². The average molecular weight is 860 g/mol. The number of hydrogen-bond acceptors (Lipinski definition) is 8. The molecule has 1 heterocycles. The first kappa shape index (κ1) is 56.6. The van der Waals surface area contributed by atoms with Crippen molar-refractivity contribution in [3.63, 3.8) is 0 Å². The molecule has 9 nitrogen and oxygen atoms in total. The zero-order chi connectivity index (χ0) is 44.3. The van der Waals surface area contributed by atoms with E-state index in [-0.39, 0.29) is 29.7 Å². The summed E-state index contributed by atoms with van der Waals surface area (Å²) in [6, 6.07) is 0. The number of nitrogens with one attached hydrogen (secondary N) is 1. The van der Waals surface area contributed by atoms with E-state index in [1.807, 2.05) is 0 Å². The van der Waals surface area contributed by atoms with Gasteiger partial charge in [-0.15, -0.1) is 0 Å². The highest BCUT2D eigenvalue weighted by molar-refractivity contribution is 5.86. The lowest BCUT2D eigenvalue weighted by molar-refractivity contribution is -0.150. The molecule has 0 radical (unpaired) electrons. The van der Waals surface area contributed by atoms with Crippen LogP contribution < -0.4 is 0 Å². The number of aromatic nitrogens is 2. The molecule has 9 heteroatoms. The number of rotatable bonds is 46. The lowest BCUT2D eigenvalue weighted by Crippen LogP contribution is -2.27. The fourth-order valence-corrected chi connectivity index (χ4v) is 8.28. The first-order valence-corrected chi connectivity index (χ1v) is 26.2. The van der Waals surface area contributed by atoms with E-state index in [0.29, 0.717) is 25.5 Å². The molecule has 0 bridgehead atoms. The smallest absolute Gasteiger partial charge is 0.356 e. The van der Waals surface area contributed by atoms with Gasteiger partial charge in [-0.05, 0) is 83.8 Å². The van der Waals surface area contributed by atoms with Gasteiger partial charge in [0.2, 0.25) is 0 Å². The number of H-pyrrole nitrogens is 1. The van der Waals surface area contributed by atoms with Crippen LogP contribution in [0.4, 0.5) is 0 Å². The molecular weight excluding hydrogens is 763 g/mol. The highest BCUT2D eigenvalue weighted by Gasteiger charge is 2.20. The van der Waals surface area contributed by atoms with Crippen LogP contribution in [0.3, 0.4) is 0 Å². The summed E-state index contributed by atoms with van der Waals surface area (Å²) >= 11 is 0. The Morgan fingerprint density at radius 2 is 0.787 bits per heavy atom. The second kappa shape index (κ2) is 42.9. The quantitative estimate of drug-likeness (QED) is 0.0392. The normalized spacial score (nSPS) is 12.5. The summed E-state index contributed by atoms with van der Waals surface area (Å²) in [6.07, 6.45) is 41.8. The second-order valence-electron chi connectivity index (χ2n) is 18.0. The van der Waals surface area contributed by atoms with Crippen LogP contribution in [0.5, 0.6) is 0 Å². The van der Waals surface area contributed by atoms with Crippen molar-refractivity contribution in [2.45, 2.75) is 246 Å². The third-order valence-corrected chi connectivity index (χ3v) is 12.3. The molecule has 0 aliphatic carbocycles. The SMILES string of the molecule is CCCCCCCCC(CCCCCC)C(=O)OCCCCCCN(CCCCCCOC(=O)C(CCCCCC)CCCCCCCC)CCCCOC(=O)c1cnc[nH]1. The van der Waals surface area contributed by atoms with Crippen molar-refractivity contribution in [1.82, 2.24) is 14.9 Å². The monoisotopic (exact) mass is 860 g/mol. The van der Waals surface area contributed by atoms with E-state index < -0.39 is 0 Å². The Hall–Kier alpha value is -2.42. The fourth-order valence-electron chi connectivity index (χ4n) is 8.28. The minimum atomic E-state index is -0.355. The van der Waals surface area contributed by atoms with E-state index in [0.717, 1.165) is 135 Å². The summed E-state index contributed by atoms with van der Waals surface area (Å²) in [6.45, 7) is 13.5. The molecule has 1 rings (SSSR count). The number of nitrogens with zero attached hydrogens (tertiary/aromatic N) is 2. The Kier molecular flexibility index (Phi) is 39.8. The lowest BCUT2D eigenvalue weighted by Gasteiger charge is -2.22. The number of unbranched alkanes of at least 4 members (excludes halogenated alkanes) is 23. The van der Waals surface area contributed by atoms with Crippen LogP contribution in [-0.2, 0) is 23.8 Å². The maximum Gasteiger partial charge on any atom is 0.356 e. The van der Waals surface area contributed by atoms with Crippen molar-refractivity contribution in [2.75, 3.05) is 39.5 Å². The highest BCUT2D eigenvalue weighted by Crippen LogP contribution is 2.22. The number of esters is 3. The number of ether oxygens (including phenoxy) is 3. The molecule has 1 aromatic rings. The molecule has 0 amide bonds. The maximum absolute atomic E-state index is 13.1. The van der Waals surface area contributed by atoms with Gasteiger partial charge < -0.3 is 24.1 Å². The third-order valence-electron chi connectivity index (χ3n) is 12.3. The lowest BCUT2D eigenvalue weighted by atomic mass is 9.94. The minimum absolute atomic E-state index is 0.0372. The highest BCUT2D eigenvalue weighted by atomic mass is 16.5. The first-order chi connectivity index (χ1) is 30.0. The molecule has 0 aliphatic heterocycles. The Bertz CT molecular complexity index is 1060. The number of carbonyl (C=O) groups excluding carboxylic acids is 3. The van der Waals surface area contributed by atoms with Gasteiger partial charge in [0.1, 0.15) is 5.69 Å². The van der Waals surface area contributed by atoms with Crippen molar-refractivity contribution >= 4 is 17.9 Å². The van der Waals surface area contributed by atoms with Crippen molar-refractivity contribution in [3.8, 4) is 0 Å². The van der Waals surface area contributed by atoms with Crippen LogP contribution in [0.1, 0.15) is 256 Å². The largest absolute Gasteiger partial charge is 0.465 e. The van der Waals surface area contributed by atoms with E-state index in [1.165, 1.54) is 115 Å². The van der Waals surface area contributed by atoms with Crippen LogP contribution in [-0.4, -0.2) is 72.2 Å². The van der Waals surface area contributed by atoms with Gasteiger partial charge in [0.05, 0.1) is 44.2 Å². The van der Waals surface area contributed by atoms with Gasteiger partial charge in [-0.2, -0.15) is 0 Å². The van der Waals surface area contributed by atoms with Crippen LogP contribution in [0.15, 0.2) is 12.5 Å². The summed E-state index contributed by atoms with van der Waals surface area (Å²) in [5, 5.41) is 0. The Morgan fingerprint density at radius 3 is 1.20 bits per heavy atom. The molecule has 1 N–H and O–H groups in total. The maximum atomic E-state index is 13.1. The molecule has 0 aromatic carbocycles. The van der Waals surface area contributed by atoms with Gasteiger partial charge in [-0.1, -0.05) is 182 Å². The van der Waals surface area contributed by atoms with Gasteiger partial charge in [-0.3, -0.25) is 9.59 Å². The van der Waals surface area contributed by atoms with Crippen molar-refractivity contribution in [3.05, 3.63) is 18.2 Å². The summed E-state index contributed by atoms with van der Waals surface area (Å²) < 4.78 is 17.1. The van der Waals surface area contributed by atoms with Crippen LogP contribution >= 0.6 is 0 Å². The molecule has 0 aliphatic rings. The van der Waals surface area contributed by atoms with E-state index in [9.17, 15) is 14.4 Å².